The van der Waals surface area contributed by atoms with Gasteiger partial charge in [-0.3, -0.25) is 19.7 Å². The number of para-hydroxylation sites is 1. The minimum absolute atomic E-state index is 0.0249. The SMILES string of the molecule is O=C(Cn1cc(/C=C2/SC(=O)NC2=O)c2ccccc21)Nc1cc(C(F)(F)F)ccc1Cl. The maximum absolute atomic E-state index is 13.0. The van der Waals surface area contributed by atoms with Gasteiger partial charge >= 0.3 is 6.18 Å². The van der Waals surface area contributed by atoms with Crippen LogP contribution in [0.25, 0.3) is 17.0 Å². The van der Waals surface area contributed by atoms with E-state index in [2.05, 4.69) is 10.6 Å². The van der Waals surface area contributed by atoms with E-state index in [4.69, 9.17) is 11.6 Å². The highest BCUT2D eigenvalue weighted by atomic mass is 35.5. The number of thioether (sulfide) groups is 1. The molecule has 2 aromatic carbocycles. The van der Waals surface area contributed by atoms with Crippen LogP contribution in [-0.4, -0.2) is 21.6 Å². The average molecular weight is 480 g/mol. The first kappa shape index (κ1) is 22.0. The third kappa shape index (κ3) is 4.51. The van der Waals surface area contributed by atoms with Gasteiger partial charge in [0, 0.05) is 22.7 Å². The van der Waals surface area contributed by atoms with Crippen LogP contribution in [0.3, 0.4) is 0 Å². The lowest BCUT2D eigenvalue weighted by atomic mass is 10.1. The molecule has 0 unspecified atom stereocenters. The monoisotopic (exact) mass is 479 g/mol. The lowest BCUT2D eigenvalue weighted by molar-refractivity contribution is -0.137. The fourth-order valence-electron chi connectivity index (χ4n) is 3.23. The molecule has 1 aliphatic rings. The van der Waals surface area contributed by atoms with Crippen LogP contribution < -0.4 is 10.6 Å². The van der Waals surface area contributed by atoms with E-state index in [1.54, 1.807) is 41.1 Å². The summed E-state index contributed by atoms with van der Waals surface area (Å²) in [4.78, 5) is 36.1. The number of alkyl halides is 3. The van der Waals surface area contributed by atoms with E-state index in [9.17, 15) is 27.6 Å². The van der Waals surface area contributed by atoms with Gasteiger partial charge in [0.2, 0.25) is 5.91 Å². The summed E-state index contributed by atoms with van der Waals surface area (Å²) < 4.78 is 40.5. The van der Waals surface area contributed by atoms with E-state index in [-0.39, 0.29) is 22.2 Å². The Hall–Kier alpha value is -3.24. The highest BCUT2D eigenvalue weighted by molar-refractivity contribution is 8.18. The molecular weight excluding hydrogens is 467 g/mol. The van der Waals surface area contributed by atoms with Gasteiger partial charge in [-0.2, -0.15) is 13.2 Å². The second-order valence-electron chi connectivity index (χ2n) is 6.82. The third-order valence-corrected chi connectivity index (χ3v) is 5.77. The molecule has 0 bridgehead atoms. The normalized spacial score (nSPS) is 15.4. The van der Waals surface area contributed by atoms with Crippen LogP contribution in [0.4, 0.5) is 23.7 Å². The molecule has 1 fully saturated rings. The molecule has 6 nitrogen and oxygen atoms in total. The molecule has 32 heavy (non-hydrogen) atoms. The summed E-state index contributed by atoms with van der Waals surface area (Å²) >= 11 is 6.72. The number of benzene rings is 2. The predicted molar refractivity (Wildman–Crippen MR) is 116 cm³/mol. The summed E-state index contributed by atoms with van der Waals surface area (Å²) in [6.07, 6.45) is -1.40. The first-order valence-electron chi connectivity index (χ1n) is 9.11. The summed E-state index contributed by atoms with van der Waals surface area (Å²) in [5, 5.41) is 4.83. The number of carbonyl (C=O) groups excluding carboxylic acids is 3. The number of nitrogens with zero attached hydrogens (tertiary/aromatic N) is 1. The summed E-state index contributed by atoms with van der Waals surface area (Å²) in [6, 6.07) is 9.77. The molecule has 164 valence electrons. The average Bonchev–Trinajstić information content (AvgIpc) is 3.22. The van der Waals surface area contributed by atoms with Gasteiger partial charge in [0.05, 0.1) is 21.2 Å². The summed E-state index contributed by atoms with van der Waals surface area (Å²) in [5.41, 5.74) is 0.194. The molecule has 4 rings (SSSR count). The quantitative estimate of drug-likeness (QED) is 0.499. The van der Waals surface area contributed by atoms with Gasteiger partial charge in [-0.15, -0.1) is 0 Å². The molecule has 0 aliphatic carbocycles. The number of hydrogen-bond acceptors (Lipinski definition) is 4. The highest BCUT2D eigenvalue weighted by Crippen LogP contribution is 2.34. The van der Waals surface area contributed by atoms with Crippen LogP contribution in [-0.2, 0) is 22.3 Å². The Kier molecular flexibility index (Phi) is 5.74. The largest absolute Gasteiger partial charge is 0.416 e. The Morgan fingerprint density at radius 3 is 2.62 bits per heavy atom. The molecule has 2 N–H and O–H groups in total. The topological polar surface area (TPSA) is 80.2 Å². The molecule has 3 aromatic rings. The van der Waals surface area contributed by atoms with Crippen molar-refractivity contribution in [1.82, 2.24) is 9.88 Å². The van der Waals surface area contributed by atoms with E-state index in [0.29, 0.717) is 11.1 Å². The smallest absolute Gasteiger partial charge is 0.337 e. The second-order valence-corrected chi connectivity index (χ2v) is 8.24. The van der Waals surface area contributed by atoms with Crippen molar-refractivity contribution in [1.29, 1.82) is 0 Å². The number of rotatable bonds is 4. The number of carbonyl (C=O) groups is 3. The summed E-state index contributed by atoms with van der Waals surface area (Å²) in [7, 11) is 0. The molecule has 1 saturated heterocycles. The molecule has 0 spiro atoms. The second kappa shape index (κ2) is 8.36. The van der Waals surface area contributed by atoms with Crippen LogP contribution in [0.1, 0.15) is 11.1 Å². The number of halogens is 4. The Balaban J connectivity index is 1.62. The van der Waals surface area contributed by atoms with Crippen LogP contribution in [0.15, 0.2) is 53.6 Å². The van der Waals surface area contributed by atoms with Gasteiger partial charge in [-0.25, -0.2) is 0 Å². The number of aromatic nitrogens is 1. The van der Waals surface area contributed by atoms with Gasteiger partial charge in [-0.05, 0) is 42.1 Å². The van der Waals surface area contributed by atoms with E-state index in [1.807, 2.05) is 0 Å². The number of imide groups is 1. The third-order valence-electron chi connectivity index (χ3n) is 4.63. The zero-order chi connectivity index (χ0) is 23.0. The zero-order valence-corrected chi connectivity index (χ0v) is 17.6. The zero-order valence-electron chi connectivity index (χ0n) is 16.0. The van der Waals surface area contributed by atoms with Crippen molar-refractivity contribution in [3.05, 3.63) is 69.7 Å². The number of fused-ring (bicyclic) bond motifs is 1. The first-order valence-corrected chi connectivity index (χ1v) is 10.3. The minimum atomic E-state index is -4.57. The van der Waals surface area contributed by atoms with Crippen LogP contribution in [0.5, 0.6) is 0 Å². The number of anilines is 1. The Morgan fingerprint density at radius 2 is 1.94 bits per heavy atom. The standard InChI is InChI=1S/C21H13ClF3N3O3S/c22-14-6-5-12(21(23,24)25)8-15(14)26-18(29)10-28-9-11(13-3-1-2-4-16(13)28)7-17-19(30)27-20(31)32-17/h1-9H,10H2,(H,26,29)(H,27,30,31)/b17-7+. The molecular formula is C21H13ClF3N3O3S. The summed E-state index contributed by atoms with van der Waals surface area (Å²) in [6.45, 7) is -0.214. The molecule has 3 amide bonds. The van der Waals surface area contributed by atoms with E-state index < -0.39 is 28.8 Å². The Labute approximate surface area is 188 Å². The van der Waals surface area contributed by atoms with Gasteiger partial charge in [0.1, 0.15) is 6.54 Å². The Morgan fingerprint density at radius 1 is 1.19 bits per heavy atom. The fourth-order valence-corrected chi connectivity index (χ4v) is 4.06. The van der Waals surface area contributed by atoms with Gasteiger partial charge in [-0.1, -0.05) is 29.8 Å². The maximum atomic E-state index is 13.0. The van der Waals surface area contributed by atoms with Crippen molar-refractivity contribution in [3.63, 3.8) is 0 Å². The minimum Gasteiger partial charge on any atom is -0.337 e. The summed E-state index contributed by atoms with van der Waals surface area (Å²) in [5.74, 6) is -1.09. The molecule has 0 saturated carbocycles. The Bertz CT molecular complexity index is 1300. The van der Waals surface area contributed by atoms with Crippen LogP contribution in [0, 0.1) is 0 Å². The van der Waals surface area contributed by atoms with Gasteiger partial charge in [0.15, 0.2) is 0 Å². The molecule has 2 heterocycles. The molecule has 1 aliphatic heterocycles. The van der Waals surface area contributed by atoms with Crippen molar-refractivity contribution < 1.29 is 27.6 Å². The van der Waals surface area contributed by atoms with Crippen molar-refractivity contribution >= 4 is 63.1 Å². The van der Waals surface area contributed by atoms with Crippen molar-refractivity contribution in [2.24, 2.45) is 0 Å². The lowest BCUT2D eigenvalue weighted by Crippen LogP contribution is -2.19. The van der Waals surface area contributed by atoms with Crippen molar-refractivity contribution in [2.45, 2.75) is 12.7 Å². The van der Waals surface area contributed by atoms with Gasteiger partial charge < -0.3 is 9.88 Å². The van der Waals surface area contributed by atoms with Crippen molar-refractivity contribution in [2.75, 3.05) is 5.32 Å². The fraction of sp³-hybridized carbons (Fsp3) is 0.0952. The van der Waals surface area contributed by atoms with E-state index in [0.717, 1.165) is 35.3 Å². The number of amides is 3. The van der Waals surface area contributed by atoms with E-state index >= 15 is 0 Å². The number of hydrogen-bond donors (Lipinski definition) is 2. The van der Waals surface area contributed by atoms with Crippen LogP contribution in [0.2, 0.25) is 5.02 Å². The first-order chi connectivity index (χ1) is 15.1. The lowest BCUT2D eigenvalue weighted by Gasteiger charge is -2.12. The van der Waals surface area contributed by atoms with Gasteiger partial charge in [0.25, 0.3) is 11.1 Å². The highest BCUT2D eigenvalue weighted by Gasteiger charge is 2.31. The predicted octanol–water partition coefficient (Wildman–Crippen LogP) is 5.28. The molecule has 0 atom stereocenters. The molecule has 11 heteroatoms. The van der Waals surface area contributed by atoms with Crippen molar-refractivity contribution in [3.8, 4) is 0 Å². The maximum Gasteiger partial charge on any atom is 0.416 e. The number of nitrogens with one attached hydrogen (secondary N) is 2. The van der Waals surface area contributed by atoms with Crippen LogP contribution >= 0.6 is 23.4 Å². The molecule has 1 aromatic heterocycles. The molecule has 0 radical (unpaired) electrons. The van der Waals surface area contributed by atoms with E-state index in [1.165, 1.54) is 0 Å².